The molecule has 1 heterocycles. The lowest BCUT2D eigenvalue weighted by atomic mass is 9.79. The summed E-state index contributed by atoms with van der Waals surface area (Å²) in [4.78, 5) is 28.1. The van der Waals surface area contributed by atoms with E-state index in [4.69, 9.17) is 4.74 Å². The number of carbonyl (C=O) groups excluding carboxylic acids is 2. The molecular formula is C23H29N3O3. The zero-order chi connectivity index (χ0) is 20.3. The first-order chi connectivity index (χ1) is 14.2. The Morgan fingerprint density at radius 3 is 2.45 bits per heavy atom. The number of hydrogen-bond acceptors (Lipinski definition) is 4. The third-order valence-electron chi connectivity index (χ3n) is 5.44. The summed E-state index contributed by atoms with van der Waals surface area (Å²) < 4.78 is 5.21. The van der Waals surface area contributed by atoms with Crippen LogP contribution in [0.4, 0.5) is 10.5 Å². The molecule has 1 saturated carbocycles. The summed E-state index contributed by atoms with van der Waals surface area (Å²) in [6.45, 7) is 0.911. The zero-order valence-corrected chi connectivity index (χ0v) is 16.7. The number of benzene rings is 1. The highest BCUT2D eigenvalue weighted by Gasteiger charge is 2.26. The van der Waals surface area contributed by atoms with Crippen LogP contribution in [0.15, 0.2) is 54.9 Å². The second-order valence-electron chi connectivity index (χ2n) is 7.57. The van der Waals surface area contributed by atoms with Gasteiger partial charge in [-0.1, -0.05) is 30.3 Å². The minimum atomic E-state index is -0.370. The number of ether oxygens (including phenoxy) is 1. The predicted molar refractivity (Wildman–Crippen MR) is 112 cm³/mol. The van der Waals surface area contributed by atoms with Crippen molar-refractivity contribution in [3.63, 3.8) is 0 Å². The second-order valence-corrected chi connectivity index (χ2v) is 7.57. The van der Waals surface area contributed by atoms with Gasteiger partial charge in [0.05, 0.1) is 0 Å². The first-order valence-electron chi connectivity index (χ1n) is 10.4. The van der Waals surface area contributed by atoms with Gasteiger partial charge in [-0.25, -0.2) is 4.79 Å². The summed E-state index contributed by atoms with van der Waals surface area (Å²) in [6, 6.07) is 13.3. The van der Waals surface area contributed by atoms with Crippen molar-refractivity contribution in [1.82, 2.24) is 10.3 Å². The minimum absolute atomic E-state index is 0.0884. The molecule has 0 saturated heterocycles. The lowest BCUT2D eigenvalue weighted by Crippen LogP contribution is -2.28. The molecule has 1 aliphatic rings. The first-order valence-corrected chi connectivity index (χ1v) is 10.4. The molecule has 2 amide bonds. The largest absolute Gasteiger partial charge is 0.445 e. The van der Waals surface area contributed by atoms with Gasteiger partial charge in [0.1, 0.15) is 6.61 Å². The Labute approximate surface area is 172 Å². The fourth-order valence-electron chi connectivity index (χ4n) is 3.75. The van der Waals surface area contributed by atoms with E-state index in [1.165, 1.54) is 0 Å². The minimum Gasteiger partial charge on any atom is -0.445 e. The van der Waals surface area contributed by atoms with Crippen molar-refractivity contribution >= 4 is 17.7 Å². The smallest absolute Gasteiger partial charge is 0.407 e. The fourth-order valence-corrected chi connectivity index (χ4v) is 3.75. The lowest BCUT2D eigenvalue weighted by molar-refractivity contribution is -0.121. The van der Waals surface area contributed by atoms with Crippen LogP contribution in [0.3, 0.4) is 0 Å². The van der Waals surface area contributed by atoms with Crippen molar-refractivity contribution in [2.24, 2.45) is 11.8 Å². The van der Waals surface area contributed by atoms with Crippen molar-refractivity contribution in [2.75, 3.05) is 11.9 Å². The van der Waals surface area contributed by atoms with E-state index < -0.39 is 0 Å². The molecule has 0 bridgehead atoms. The van der Waals surface area contributed by atoms with E-state index in [1.807, 2.05) is 30.3 Å². The molecule has 1 aromatic carbocycles. The molecule has 0 radical (unpaired) electrons. The highest BCUT2D eigenvalue weighted by Crippen LogP contribution is 2.32. The van der Waals surface area contributed by atoms with Crippen LogP contribution in [-0.2, 0) is 16.1 Å². The summed E-state index contributed by atoms with van der Waals surface area (Å²) in [7, 11) is 0. The van der Waals surface area contributed by atoms with Gasteiger partial charge in [0.2, 0.25) is 5.91 Å². The molecule has 0 atom stereocenters. The van der Waals surface area contributed by atoms with E-state index >= 15 is 0 Å². The van der Waals surface area contributed by atoms with Crippen LogP contribution in [0.1, 0.15) is 44.1 Å². The Balaban J connectivity index is 1.25. The van der Waals surface area contributed by atoms with Crippen LogP contribution in [0, 0.1) is 11.8 Å². The number of carbonyl (C=O) groups is 2. The quantitative estimate of drug-likeness (QED) is 0.644. The lowest BCUT2D eigenvalue weighted by Gasteiger charge is -2.27. The number of pyridine rings is 1. The normalized spacial score (nSPS) is 18.6. The van der Waals surface area contributed by atoms with Crippen LogP contribution >= 0.6 is 0 Å². The van der Waals surface area contributed by atoms with Crippen molar-refractivity contribution in [3.05, 3.63) is 60.4 Å². The number of hydrogen-bond donors (Lipinski definition) is 2. The maximum Gasteiger partial charge on any atom is 0.407 e. The molecule has 1 fully saturated rings. The van der Waals surface area contributed by atoms with Crippen LogP contribution in [0.2, 0.25) is 0 Å². The van der Waals surface area contributed by atoms with E-state index in [-0.39, 0.29) is 24.5 Å². The van der Waals surface area contributed by atoms with Gasteiger partial charge in [-0.2, -0.15) is 0 Å². The Morgan fingerprint density at radius 1 is 1.00 bits per heavy atom. The molecule has 3 rings (SSSR count). The van der Waals surface area contributed by atoms with E-state index in [2.05, 4.69) is 15.6 Å². The fraction of sp³-hybridized carbons (Fsp3) is 0.435. The summed E-state index contributed by atoms with van der Waals surface area (Å²) >= 11 is 0. The number of alkyl carbamates (subject to hydrolysis) is 1. The number of amides is 2. The summed E-state index contributed by atoms with van der Waals surface area (Å²) in [5.74, 6) is 0.824. The van der Waals surface area contributed by atoms with E-state index in [9.17, 15) is 9.59 Å². The maximum atomic E-state index is 12.4. The zero-order valence-electron chi connectivity index (χ0n) is 16.7. The van der Waals surface area contributed by atoms with Gasteiger partial charge >= 0.3 is 6.09 Å². The number of nitrogens with one attached hydrogen (secondary N) is 2. The summed E-state index contributed by atoms with van der Waals surface area (Å²) in [6.07, 6.45) is 8.96. The van der Waals surface area contributed by atoms with Gasteiger partial charge in [0, 0.05) is 30.5 Å². The molecule has 2 N–H and O–H groups in total. The van der Waals surface area contributed by atoms with Crippen LogP contribution in [0.5, 0.6) is 0 Å². The highest BCUT2D eigenvalue weighted by molar-refractivity contribution is 5.92. The second kappa shape index (κ2) is 11.2. The molecule has 0 unspecified atom stereocenters. The maximum absolute atomic E-state index is 12.4. The molecule has 0 aliphatic heterocycles. The third-order valence-corrected chi connectivity index (χ3v) is 5.44. The van der Waals surface area contributed by atoms with E-state index in [1.54, 1.807) is 24.5 Å². The van der Waals surface area contributed by atoms with E-state index in [0.29, 0.717) is 12.5 Å². The SMILES string of the molecule is O=C(NCCC[C@H]1CC[C@H](C(=O)Nc2ccncc2)CC1)OCc1ccccc1. The summed E-state index contributed by atoms with van der Waals surface area (Å²) in [5.41, 5.74) is 1.78. The molecule has 2 aromatic rings. The van der Waals surface area contributed by atoms with Crippen molar-refractivity contribution in [1.29, 1.82) is 0 Å². The van der Waals surface area contributed by atoms with Crippen LogP contribution in [-0.4, -0.2) is 23.5 Å². The Kier molecular flexibility index (Phi) is 8.04. The Bertz CT molecular complexity index is 759. The predicted octanol–water partition coefficient (Wildman–Crippen LogP) is 4.53. The Morgan fingerprint density at radius 2 is 1.72 bits per heavy atom. The number of nitrogens with zero attached hydrogens (tertiary/aromatic N) is 1. The molecular weight excluding hydrogens is 366 g/mol. The molecule has 0 spiro atoms. The molecule has 6 heteroatoms. The number of aromatic nitrogens is 1. The van der Waals surface area contributed by atoms with Gasteiger partial charge < -0.3 is 15.4 Å². The monoisotopic (exact) mass is 395 g/mol. The van der Waals surface area contributed by atoms with Crippen molar-refractivity contribution in [3.8, 4) is 0 Å². The van der Waals surface area contributed by atoms with Gasteiger partial charge in [-0.3, -0.25) is 9.78 Å². The topological polar surface area (TPSA) is 80.3 Å². The standard InChI is InChI=1S/C23H29N3O3/c27-22(26-21-12-15-24-16-13-21)20-10-8-18(9-11-20)7-4-14-25-23(28)29-17-19-5-2-1-3-6-19/h1-3,5-6,12-13,15-16,18,20H,4,7-11,14,17H2,(H,25,28)(H,24,26,27)/t18-,20-. The highest BCUT2D eigenvalue weighted by atomic mass is 16.5. The molecule has 1 aliphatic carbocycles. The molecule has 1 aromatic heterocycles. The average Bonchev–Trinajstić information content (AvgIpc) is 2.77. The van der Waals surface area contributed by atoms with E-state index in [0.717, 1.165) is 49.8 Å². The van der Waals surface area contributed by atoms with Crippen molar-refractivity contribution < 1.29 is 14.3 Å². The average molecular weight is 396 g/mol. The molecule has 29 heavy (non-hydrogen) atoms. The first kappa shape index (κ1) is 20.8. The van der Waals surface area contributed by atoms with Gasteiger partial charge in [0.25, 0.3) is 0 Å². The van der Waals surface area contributed by atoms with Crippen LogP contribution in [0.25, 0.3) is 0 Å². The number of rotatable bonds is 8. The van der Waals surface area contributed by atoms with Gasteiger partial charge in [0.15, 0.2) is 0 Å². The van der Waals surface area contributed by atoms with Gasteiger partial charge in [-0.05, 0) is 62.1 Å². The summed E-state index contributed by atoms with van der Waals surface area (Å²) in [5, 5.41) is 5.79. The molecule has 154 valence electrons. The van der Waals surface area contributed by atoms with Gasteiger partial charge in [-0.15, -0.1) is 0 Å². The van der Waals surface area contributed by atoms with Crippen LogP contribution < -0.4 is 10.6 Å². The third kappa shape index (κ3) is 7.22. The Hall–Kier alpha value is -2.89. The van der Waals surface area contributed by atoms with Crippen molar-refractivity contribution in [2.45, 2.75) is 45.1 Å². The number of anilines is 1. The molecule has 6 nitrogen and oxygen atoms in total.